The molecule has 5 heteroatoms. The maximum Gasteiger partial charge on any atom is 0.0790 e. The van der Waals surface area contributed by atoms with Crippen molar-refractivity contribution in [3.63, 3.8) is 0 Å². The van der Waals surface area contributed by atoms with Crippen molar-refractivity contribution in [2.45, 2.75) is 6.42 Å². The standard InChI is InChI=1S/C28H17Cl4N/c29-20-7-1-17(2-8-20)15-26-24-14-13-23(32)16-25(24)27(18-3-9-21(30)10-4-18)28(33-26)19-5-11-22(31)12-6-19/h1-14,16H,15H2. The second kappa shape index (κ2) is 9.37. The van der Waals surface area contributed by atoms with E-state index in [0.29, 0.717) is 26.5 Å². The summed E-state index contributed by atoms with van der Waals surface area (Å²) in [6.07, 6.45) is 0.663. The van der Waals surface area contributed by atoms with Gasteiger partial charge in [-0.25, -0.2) is 0 Å². The van der Waals surface area contributed by atoms with E-state index in [4.69, 9.17) is 51.4 Å². The van der Waals surface area contributed by atoms with Crippen molar-refractivity contribution in [3.8, 4) is 22.4 Å². The first kappa shape index (κ1) is 22.3. The van der Waals surface area contributed by atoms with Gasteiger partial charge in [0.1, 0.15) is 0 Å². The summed E-state index contributed by atoms with van der Waals surface area (Å²) in [6, 6.07) is 29.4. The van der Waals surface area contributed by atoms with Crippen molar-refractivity contribution in [1.82, 2.24) is 4.98 Å². The summed E-state index contributed by atoms with van der Waals surface area (Å²) < 4.78 is 0. The lowest BCUT2D eigenvalue weighted by Crippen LogP contribution is -2.00. The van der Waals surface area contributed by atoms with Crippen molar-refractivity contribution >= 4 is 57.2 Å². The second-order valence-electron chi connectivity index (χ2n) is 7.79. The molecule has 5 aromatic rings. The average molecular weight is 509 g/mol. The summed E-state index contributed by atoms with van der Waals surface area (Å²) in [5, 5.41) is 4.83. The normalized spacial score (nSPS) is 11.2. The molecule has 1 heterocycles. The van der Waals surface area contributed by atoms with E-state index in [1.807, 2.05) is 91.0 Å². The maximum atomic E-state index is 6.48. The molecule has 0 amide bonds. The highest BCUT2D eigenvalue weighted by atomic mass is 35.5. The summed E-state index contributed by atoms with van der Waals surface area (Å²) >= 11 is 24.9. The number of hydrogen-bond donors (Lipinski definition) is 0. The Kier molecular flexibility index (Phi) is 6.32. The first-order valence-corrected chi connectivity index (χ1v) is 11.9. The number of fused-ring (bicyclic) bond motifs is 1. The number of halogens is 4. The molecule has 5 rings (SSSR count). The molecule has 0 unspecified atom stereocenters. The Bertz CT molecular complexity index is 1440. The highest BCUT2D eigenvalue weighted by molar-refractivity contribution is 6.32. The van der Waals surface area contributed by atoms with Crippen LogP contribution in [0.15, 0.2) is 91.0 Å². The minimum atomic E-state index is 0.663. The van der Waals surface area contributed by atoms with Gasteiger partial charge in [0.15, 0.2) is 0 Å². The van der Waals surface area contributed by atoms with E-state index in [1.54, 1.807) is 0 Å². The van der Waals surface area contributed by atoms with Crippen LogP contribution >= 0.6 is 46.4 Å². The van der Waals surface area contributed by atoms with Gasteiger partial charge >= 0.3 is 0 Å². The van der Waals surface area contributed by atoms with Gasteiger partial charge in [0, 0.05) is 43.0 Å². The lowest BCUT2D eigenvalue weighted by Gasteiger charge is -2.17. The molecule has 0 spiro atoms. The van der Waals surface area contributed by atoms with Crippen molar-refractivity contribution in [3.05, 3.63) is 122 Å². The van der Waals surface area contributed by atoms with Crippen LogP contribution in [-0.2, 0) is 6.42 Å². The van der Waals surface area contributed by atoms with Gasteiger partial charge in [-0.05, 0) is 65.0 Å². The van der Waals surface area contributed by atoms with Gasteiger partial charge in [0.05, 0.1) is 11.4 Å². The predicted molar refractivity (Wildman–Crippen MR) is 142 cm³/mol. The average Bonchev–Trinajstić information content (AvgIpc) is 2.81. The third-order valence-corrected chi connectivity index (χ3v) is 6.57. The van der Waals surface area contributed by atoms with Crippen molar-refractivity contribution < 1.29 is 0 Å². The van der Waals surface area contributed by atoms with Crippen LogP contribution in [0.2, 0.25) is 20.1 Å². The zero-order valence-corrected chi connectivity index (χ0v) is 20.4. The summed E-state index contributed by atoms with van der Waals surface area (Å²) in [4.78, 5) is 5.19. The summed E-state index contributed by atoms with van der Waals surface area (Å²) in [7, 11) is 0. The molecule has 0 bridgehead atoms. The third kappa shape index (κ3) is 4.74. The first-order valence-electron chi connectivity index (χ1n) is 10.4. The Hall–Kier alpha value is -2.55. The zero-order valence-electron chi connectivity index (χ0n) is 17.3. The lowest BCUT2D eigenvalue weighted by molar-refractivity contribution is 1.10. The van der Waals surface area contributed by atoms with Crippen molar-refractivity contribution in [2.24, 2.45) is 0 Å². The van der Waals surface area contributed by atoms with E-state index >= 15 is 0 Å². The second-order valence-corrected chi connectivity index (χ2v) is 9.53. The summed E-state index contributed by atoms with van der Waals surface area (Å²) in [5.74, 6) is 0. The maximum absolute atomic E-state index is 6.48. The summed E-state index contributed by atoms with van der Waals surface area (Å²) in [6.45, 7) is 0. The molecule has 162 valence electrons. The molecule has 0 fully saturated rings. The molecule has 0 saturated heterocycles. The van der Waals surface area contributed by atoms with E-state index in [2.05, 4.69) is 0 Å². The van der Waals surface area contributed by atoms with Gasteiger partial charge in [0.2, 0.25) is 0 Å². The first-order chi connectivity index (χ1) is 16.0. The van der Waals surface area contributed by atoms with Gasteiger partial charge in [0.25, 0.3) is 0 Å². The van der Waals surface area contributed by atoms with E-state index in [0.717, 1.165) is 44.4 Å². The van der Waals surface area contributed by atoms with Crippen LogP contribution in [0.5, 0.6) is 0 Å². The minimum Gasteiger partial charge on any atom is -0.251 e. The molecule has 33 heavy (non-hydrogen) atoms. The molecule has 0 aliphatic rings. The van der Waals surface area contributed by atoms with Crippen molar-refractivity contribution in [2.75, 3.05) is 0 Å². The van der Waals surface area contributed by atoms with Gasteiger partial charge < -0.3 is 0 Å². The van der Waals surface area contributed by atoms with Crippen LogP contribution in [0.4, 0.5) is 0 Å². The molecular weight excluding hydrogens is 492 g/mol. The number of hydrogen-bond acceptors (Lipinski definition) is 1. The zero-order chi connectivity index (χ0) is 22.9. The molecule has 0 aliphatic carbocycles. The number of aromatic nitrogens is 1. The van der Waals surface area contributed by atoms with Crippen LogP contribution in [0, 0.1) is 0 Å². The monoisotopic (exact) mass is 507 g/mol. The molecule has 1 aromatic heterocycles. The number of rotatable bonds is 4. The van der Waals surface area contributed by atoms with Crippen molar-refractivity contribution in [1.29, 1.82) is 0 Å². The number of benzene rings is 4. The SMILES string of the molecule is Clc1ccc(Cc2nc(-c3ccc(Cl)cc3)c(-c3ccc(Cl)cc3)c3cc(Cl)ccc23)cc1. The molecule has 0 aliphatic heterocycles. The fourth-order valence-corrected chi connectivity index (χ4v) is 4.56. The molecule has 0 N–H and O–H groups in total. The van der Waals surface area contributed by atoms with Crippen LogP contribution in [0.25, 0.3) is 33.2 Å². The third-order valence-electron chi connectivity index (χ3n) is 5.58. The topological polar surface area (TPSA) is 12.9 Å². The molecule has 0 radical (unpaired) electrons. The van der Waals surface area contributed by atoms with Crippen LogP contribution < -0.4 is 0 Å². The minimum absolute atomic E-state index is 0.663. The van der Waals surface area contributed by atoms with Gasteiger partial charge in [-0.3, -0.25) is 4.98 Å². The Morgan fingerprint density at radius 3 is 1.64 bits per heavy atom. The fourth-order valence-electron chi connectivity index (χ4n) is 4.01. The van der Waals surface area contributed by atoms with Gasteiger partial charge in [-0.2, -0.15) is 0 Å². The molecule has 4 aromatic carbocycles. The highest BCUT2D eigenvalue weighted by Gasteiger charge is 2.18. The molecule has 0 saturated carbocycles. The van der Waals surface area contributed by atoms with Crippen LogP contribution in [0.3, 0.4) is 0 Å². The van der Waals surface area contributed by atoms with E-state index in [9.17, 15) is 0 Å². The Labute approximate surface area is 212 Å². The van der Waals surface area contributed by atoms with E-state index in [1.165, 1.54) is 0 Å². The van der Waals surface area contributed by atoms with E-state index < -0.39 is 0 Å². The number of pyridine rings is 1. The van der Waals surface area contributed by atoms with Gasteiger partial charge in [-0.15, -0.1) is 0 Å². The molecule has 1 nitrogen and oxygen atoms in total. The Morgan fingerprint density at radius 2 is 1.03 bits per heavy atom. The Morgan fingerprint density at radius 1 is 0.515 bits per heavy atom. The van der Waals surface area contributed by atoms with Crippen LogP contribution in [0.1, 0.15) is 11.3 Å². The lowest BCUT2D eigenvalue weighted by atomic mass is 9.92. The fraction of sp³-hybridized carbons (Fsp3) is 0.0357. The van der Waals surface area contributed by atoms with Gasteiger partial charge in [-0.1, -0.05) is 88.9 Å². The largest absolute Gasteiger partial charge is 0.251 e. The van der Waals surface area contributed by atoms with Crippen LogP contribution in [-0.4, -0.2) is 4.98 Å². The number of nitrogens with zero attached hydrogens (tertiary/aromatic N) is 1. The molecular formula is C28H17Cl4N. The Balaban J connectivity index is 1.81. The highest BCUT2D eigenvalue weighted by Crippen LogP contribution is 2.40. The van der Waals surface area contributed by atoms with E-state index in [-0.39, 0.29) is 0 Å². The quantitative estimate of drug-likeness (QED) is 0.235. The molecule has 0 atom stereocenters. The summed E-state index contributed by atoms with van der Waals surface area (Å²) in [5.41, 5.74) is 5.96. The smallest absolute Gasteiger partial charge is 0.0790 e. The predicted octanol–water partition coefficient (Wildman–Crippen LogP) is 9.77.